The van der Waals surface area contributed by atoms with E-state index in [0.29, 0.717) is 5.69 Å². The van der Waals surface area contributed by atoms with Crippen molar-refractivity contribution in [3.63, 3.8) is 0 Å². The van der Waals surface area contributed by atoms with Gasteiger partial charge in [-0.25, -0.2) is 19.4 Å². The molecule has 0 atom stereocenters. The minimum atomic E-state index is -0.642. The number of aryl methyl sites for hydroxylation is 1. The predicted molar refractivity (Wildman–Crippen MR) is 111 cm³/mol. The molecular weight excluding hydrogens is 404 g/mol. The molecule has 0 unspecified atom stereocenters. The summed E-state index contributed by atoms with van der Waals surface area (Å²) in [4.78, 5) is 53.0. The monoisotopic (exact) mass is 428 g/mol. The molecule has 0 saturated carbocycles. The van der Waals surface area contributed by atoms with Crippen LogP contribution in [0.3, 0.4) is 0 Å². The van der Waals surface area contributed by atoms with Crippen LogP contribution in [0.25, 0.3) is 0 Å². The highest BCUT2D eigenvalue weighted by atomic mass is 16.5. The third kappa shape index (κ3) is 6.11. The first-order chi connectivity index (χ1) is 14.8. The Labute approximate surface area is 179 Å². The number of carbonyl (C=O) groups excluding carboxylic acids is 4. The number of pyridine rings is 1. The molecule has 0 aliphatic heterocycles. The fourth-order valence-corrected chi connectivity index (χ4v) is 2.67. The normalized spacial score (nSPS) is 10.2. The number of hydrogen-bond donors (Lipinski definition) is 1. The Morgan fingerprint density at radius 3 is 1.81 bits per heavy atom. The van der Waals surface area contributed by atoms with Gasteiger partial charge in [-0.1, -0.05) is 0 Å². The summed E-state index contributed by atoms with van der Waals surface area (Å²) < 4.78 is 14.9. The Morgan fingerprint density at radius 2 is 1.32 bits per heavy atom. The Morgan fingerprint density at radius 1 is 0.806 bits per heavy atom. The third-order valence-electron chi connectivity index (χ3n) is 4.03. The minimum absolute atomic E-state index is 0.0461. The quantitative estimate of drug-likeness (QED) is 0.503. The van der Waals surface area contributed by atoms with Crippen molar-refractivity contribution in [2.45, 2.75) is 27.7 Å². The number of amides is 1. The second-order valence-electron chi connectivity index (χ2n) is 6.24. The molecule has 9 heteroatoms. The van der Waals surface area contributed by atoms with Gasteiger partial charge in [-0.3, -0.25) is 4.79 Å². The summed E-state index contributed by atoms with van der Waals surface area (Å²) in [6, 6.07) is 6.95. The van der Waals surface area contributed by atoms with E-state index in [2.05, 4.69) is 10.3 Å². The lowest BCUT2D eigenvalue weighted by molar-refractivity contribution is 0.0511. The van der Waals surface area contributed by atoms with Crippen LogP contribution in [0.5, 0.6) is 0 Å². The number of benzene rings is 1. The van der Waals surface area contributed by atoms with Gasteiger partial charge in [-0.2, -0.15) is 0 Å². The molecule has 0 aliphatic carbocycles. The maximum absolute atomic E-state index is 12.7. The van der Waals surface area contributed by atoms with Gasteiger partial charge in [-0.05, 0) is 58.0 Å². The highest BCUT2D eigenvalue weighted by molar-refractivity contribution is 6.05. The highest BCUT2D eigenvalue weighted by Crippen LogP contribution is 2.19. The molecule has 1 amide bonds. The van der Waals surface area contributed by atoms with Gasteiger partial charge in [0.25, 0.3) is 5.91 Å². The Bertz CT molecular complexity index is 965. The second-order valence-corrected chi connectivity index (χ2v) is 6.24. The Hall–Kier alpha value is -3.75. The number of aromatic nitrogens is 1. The molecule has 0 radical (unpaired) electrons. The smallest absolute Gasteiger partial charge is 0.339 e. The summed E-state index contributed by atoms with van der Waals surface area (Å²) in [5.74, 6) is -2.40. The van der Waals surface area contributed by atoms with E-state index in [-0.39, 0.29) is 47.9 Å². The Balaban J connectivity index is 2.32. The van der Waals surface area contributed by atoms with Crippen LogP contribution >= 0.6 is 0 Å². The summed E-state index contributed by atoms with van der Waals surface area (Å²) in [7, 11) is 0. The van der Waals surface area contributed by atoms with Crippen molar-refractivity contribution < 1.29 is 33.4 Å². The molecule has 1 N–H and O–H groups in total. The molecule has 0 fully saturated rings. The van der Waals surface area contributed by atoms with Crippen molar-refractivity contribution in [1.29, 1.82) is 0 Å². The largest absolute Gasteiger partial charge is 0.462 e. The molecule has 0 bridgehead atoms. The van der Waals surface area contributed by atoms with Gasteiger partial charge in [0.15, 0.2) is 0 Å². The minimum Gasteiger partial charge on any atom is -0.462 e. The second kappa shape index (κ2) is 10.9. The van der Waals surface area contributed by atoms with E-state index in [1.54, 1.807) is 27.7 Å². The number of ether oxygens (including phenoxy) is 3. The number of nitrogens with zero attached hydrogens (tertiary/aromatic N) is 1. The maximum atomic E-state index is 12.7. The highest BCUT2D eigenvalue weighted by Gasteiger charge is 2.18. The van der Waals surface area contributed by atoms with Gasteiger partial charge in [0.2, 0.25) is 0 Å². The van der Waals surface area contributed by atoms with Crippen molar-refractivity contribution in [1.82, 2.24) is 4.98 Å². The zero-order valence-electron chi connectivity index (χ0n) is 17.8. The van der Waals surface area contributed by atoms with Crippen LogP contribution in [-0.2, 0) is 14.2 Å². The summed E-state index contributed by atoms with van der Waals surface area (Å²) in [6.45, 7) is 7.12. The molecule has 1 aromatic carbocycles. The van der Waals surface area contributed by atoms with Crippen LogP contribution in [0, 0.1) is 6.92 Å². The Kier molecular flexibility index (Phi) is 8.25. The van der Waals surface area contributed by atoms with E-state index in [0.717, 1.165) is 0 Å². The predicted octanol–water partition coefficient (Wildman–Crippen LogP) is 3.17. The van der Waals surface area contributed by atoms with Crippen LogP contribution in [0.1, 0.15) is 68.0 Å². The molecule has 1 heterocycles. The SMILES string of the molecule is CCOC(=O)c1cc(NC(=O)c2ccc(C(=O)OCC)c(C)n2)cc(C(=O)OCC)c1. The van der Waals surface area contributed by atoms with Crippen LogP contribution in [0.15, 0.2) is 30.3 Å². The van der Waals surface area contributed by atoms with Crippen LogP contribution < -0.4 is 5.32 Å². The fraction of sp³-hybridized carbons (Fsp3) is 0.318. The first-order valence-electron chi connectivity index (χ1n) is 9.76. The lowest BCUT2D eigenvalue weighted by Crippen LogP contribution is -2.17. The topological polar surface area (TPSA) is 121 Å². The number of nitrogens with one attached hydrogen (secondary N) is 1. The van der Waals surface area contributed by atoms with Gasteiger partial charge in [-0.15, -0.1) is 0 Å². The summed E-state index contributed by atoms with van der Waals surface area (Å²) >= 11 is 0. The van der Waals surface area contributed by atoms with Crippen molar-refractivity contribution in [3.05, 3.63) is 58.4 Å². The molecule has 2 rings (SSSR count). The zero-order chi connectivity index (χ0) is 23.0. The van der Waals surface area contributed by atoms with Gasteiger partial charge in [0, 0.05) is 5.69 Å². The first kappa shape index (κ1) is 23.5. The molecule has 9 nitrogen and oxygen atoms in total. The molecule has 2 aromatic rings. The molecule has 164 valence electrons. The first-order valence-corrected chi connectivity index (χ1v) is 9.76. The van der Waals surface area contributed by atoms with Gasteiger partial charge < -0.3 is 19.5 Å². The van der Waals surface area contributed by atoms with E-state index in [9.17, 15) is 19.2 Å². The molecule has 0 spiro atoms. The fourth-order valence-electron chi connectivity index (χ4n) is 2.67. The number of carbonyl (C=O) groups is 4. The lowest BCUT2D eigenvalue weighted by Gasteiger charge is -2.11. The van der Waals surface area contributed by atoms with E-state index in [1.807, 2.05) is 0 Å². The molecule has 0 saturated heterocycles. The van der Waals surface area contributed by atoms with Gasteiger partial charge in [0.05, 0.1) is 42.2 Å². The zero-order valence-corrected chi connectivity index (χ0v) is 17.8. The van der Waals surface area contributed by atoms with Crippen molar-refractivity contribution >= 4 is 29.5 Å². The average Bonchev–Trinajstić information content (AvgIpc) is 2.73. The van der Waals surface area contributed by atoms with E-state index >= 15 is 0 Å². The van der Waals surface area contributed by atoms with Crippen LogP contribution in [-0.4, -0.2) is 48.6 Å². The number of anilines is 1. The number of hydrogen-bond acceptors (Lipinski definition) is 8. The lowest BCUT2D eigenvalue weighted by atomic mass is 10.1. The maximum Gasteiger partial charge on any atom is 0.339 e. The van der Waals surface area contributed by atoms with Crippen molar-refractivity contribution in [2.75, 3.05) is 25.1 Å². The number of esters is 3. The van der Waals surface area contributed by atoms with E-state index in [4.69, 9.17) is 14.2 Å². The molecular formula is C22H24N2O7. The van der Waals surface area contributed by atoms with E-state index in [1.165, 1.54) is 30.3 Å². The summed E-state index contributed by atoms with van der Waals surface area (Å²) in [5.41, 5.74) is 0.997. The molecule has 31 heavy (non-hydrogen) atoms. The molecule has 1 aromatic heterocycles. The third-order valence-corrected chi connectivity index (χ3v) is 4.03. The summed E-state index contributed by atoms with van der Waals surface area (Å²) in [6.07, 6.45) is 0. The standard InChI is InChI=1S/C22H24N2O7/c1-5-29-20(26)14-10-15(21(27)30-6-2)12-16(11-14)24-19(25)18-9-8-17(13(4)23-18)22(28)31-7-3/h8-12H,5-7H2,1-4H3,(H,24,25). The van der Waals surface area contributed by atoms with Crippen molar-refractivity contribution in [2.24, 2.45) is 0 Å². The number of rotatable bonds is 8. The summed E-state index contributed by atoms with van der Waals surface area (Å²) in [5, 5.41) is 2.60. The van der Waals surface area contributed by atoms with Crippen LogP contribution in [0.4, 0.5) is 5.69 Å². The van der Waals surface area contributed by atoms with Gasteiger partial charge in [0.1, 0.15) is 5.69 Å². The van der Waals surface area contributed by atoms with Crippen molar-refractivity contribution in [3.8, 4) is 0 Å². The molecule has 0 aliphatic rings. The van der Waals surface area contributed by atoms with Gasteiger partial charge >= 0.3 is 17.9 Å². The van der Waals surface area contributed by atoms with Crippen LogP contribution in [0.2, 0.25) is 0 Å². The van der Waals surface area contributed by atoms with E-state index < -0.39 is 23.8 Å². The average molecular weight is 428 g/mol.